The van der Waals surface area contributed by atoms with Crippen molar-refractivity contribution in [1.29, 1.82) is 0 Å². The zero-order valence-corrected chi connectivity index (χ0v) is 9.90. The Kier molecular flexibility index (Phi) is 4.76. The topological polar surface area (TPSA) is 33.1 Å². The minimum Gasteiger partial charge on any atom is -0.387 e. The predicted molar refractivity (Wildman–Crippen MR) is 62.6 cm³/mol. The normalized spacial score (nSPS) is 13.1. The lowest BCUT2D eigenvalue weighted by molar-refractivity contribution is 0.0982. The molecular formula is C13H21NO. The van der Waals surface area contributed by atoms with Crippen molar-refractivity contribution < 1.29 is 5.11 Å². The Morgan fingerprint density at radius 3 is 2.47 bits per heavy atom. The summed E-state index contributed by atoms with van der Waals surface area (Å²) in [6.45, 7) is 6.33. The summed E-state index contributed by atoms with van der Waals surface area (Å²) < 4.78 is 0. The molecule has 1 atom stereocenters. The van der Waals surface area contributed by atoms with E-state index in [-0.39, 0.29) is 0 Å². The van der Waals surface area contributed by atoms with Crippen molar-refractivity contribution in [1.82, 2.24) is 4.98 Å². The molecule has 0 bridgehead atoms. The smallest absolute Gasteiger partial charge is 0.0990 e. The highest BCUT2D eigenvalue weighted by Gasteiger charge is 2.20. The quantitative estimate of drug-likeness (QED) is 0.804. The van der Waals surface area contributed by atoms with Crippen LogP contribution in [-0.4, -0.2) is 10.1 Å². The fraction of sp³-hybridized carbons (Fsp3) is 0.615. The number of rotatable bonds is 5. The van der Waals surface area contributed by atoms with Crippen LogP contribution in [0.4, 0.5) is 0 Å². The third-order valence-electron chi connectivity index (χ3n) is 3.08. The van der Waals surface area contributed by atoms with Crippen molar-refractivity contribution in [2.24, 2.45) is 5.92 Å². The summed E-state index contributed by atoms with van der Waals surface area (Å²) in [6.07, 6.45) is 4.28. The first-order valence-corrected chi connectivity index (χ1v) is 5.86. The summed E-state index contributed by atoms with van der Waals surface area (Å²) in [6, 6.07) is 3.98. The third-order valence-corrected chi connectivity index (χ3v) is 3.08. The van der Waals surface area contributed by atoms with Gasteiger partial charge in [-0.1, -0.05) is 39.7 Å². The first-order valence-electron chi connectivity index (χ1n) is 5.86. The second kappa shape index (κ2) is 5.86. The van der Waals surface area contributed by atoms with Gasteiger partial charge in [0.25, 0.3) is 0 Å². The molecule has 0 saturated carbocycles. The van der Waals surface area contributed by atoms with Crippen molar-refractivity contribution in [2.75, 3.05) is 0 Å². The van der Waals surface area contributed by atoms with Gasteiger partial charge in [0.1, 0.15) is 0 Å². The summed E-state index contributed by atoms with van der Waals surface area (Å²) in [5.41, 5.74) is 2.03. The molecule has 0 fully saturated rings. The van der Waals surface area contributed by atoms with Crippen LogP contribution in [0.2, 0.25) is 0 Å². The number of aliphatic hydroxyl groups is 1. The van der Waals surface area contributed by atoms with E-state index in [0.29, 0.717) is 5.92 Å². The fourth-order valence-corrected chi connectivity index (χ4v) is 1.97. The van der Waals surface area contributed by atoms with Gasteiger partial charge in [-0.25, -0.2) is 0 Å². The van der Waals surface area contributed by atoms with Crippen molar-refractivity contribution >= 4 is 0 Å². The summed E-state index contributed by atoms with van der Waals surface area (Å²) >= 11 is 0. The van der Waals surface area contributed by atoms with E-state index < -0.39 is 6.10 Å². The van der Waals surface area contributed by atoms with Crippen LogP contribution >= 0.6 is 0 Å². The maximum absolute atomic E-state index is 10.2. The molecule has 0 radical (unpaired) electrons. The van der Waals surface area contributed by atoms with Crippen LogP contribution in [0, 0.1) is 5.92 Å². The molecule has 0 aliphatic rings. The van der Waals surface area contributed by atoms with E-state index in [0.717, 1.165) is 30.5 Å². The Labute approximate surface area is 92.4 Å². The van der Waals surface area contributed by atoms with Gasteiger partial charge in [-0.15, -0.1) is 0 Å². The number of aryl methyl sites for hydroxylation is 1. The molecule has 0 spiro atoms. The lowest BCUT2D eigenvalue weighted by Gasteiger charge is -2.21. The third kappa shape index (κ3) is 2.78. The highest BCUT2D eigenvalue weighted by Crippen LogP contribution is 2.27. The molecule has 0 amide bonds. The molecule has 0 saturated heterocycles. The van der Waals surface area contributed by atoms with Crippen LogP contribution < -0.4 is 0 Å². The zero-order valence-electron chi connectivity index (χ0n) is 9.90. The number of hydrogen-bond acceptors (Lipinski definition) is 2. The molecule has 15 heavy (non-hydrogen) atoms. The van der Waals surface area contributed by atoms with Gasteiger partial charge in [0.05, 0.1) is 11.8 Å². The van der Waals surface area contributed by atoms with Gasteiger partial charge >= 0.3 is 0 Å². The van der Waals surface area contributed by atoms with Gasteiger partial charge in [0.2, 0.25) is 0 Å². The molecule has 1 rings (SSSR count). The highest BCUT2D eigenvalue weighted by atomic mass is 16.3. The summed E-state index contributed by atoms with van der Waals surface area (Å²) in [4.78, 5) is 4.32. The van der Waals surface area contributed by atoms with Crippen LogP contribution in [-0.2, 0) is 6.42 Å². The molecule has 0 aliphatic heterocycles. The number of aliphatic hydroxyl groups excluding tert-OH is 1. The van der Waals surface area contributed by atoms with E-state index >= 15 is 0 Å². The van der Waals surface area contributed by atoms with Gasteiger partial charge in [-0.3, -0.25) is 4.98 Å². The van der Waals surface area contributed by atoms with Crippen LogP contribution in [0.5, 0.6) is 0 Å². The van der Waals surface area contributed by atoms with E-state index in [2.05, 4.69) is 25.8 Å². The van der Waals surface area contributed by atoms with Crippen LogP contribution in [0.1, 0.15) is 51.0 Å². The second-order valence-electron chi connectivity index (χ2n) is 3.92. The Morgan fingerprint density at radius 2 is 1.93 bits per heavy atom. The second-order valence-corrected chi connectivity index (χ2v) is 3.92. The largest absolute Gasteiger partial charge is 0.387 e. The Bertz CT molecular complexity index is 294. The fourth-order valence-electron chi connectivity index (χ4n) is 1.97. The molecule has 84 valence electrons. The highest BCUT2D eigenvalue weighted by molar-refractivity contribution is 5.22. The SMILES string of the molecule is CCc1cccnc1C(O)C(CC)CC. The van der Waals surface area contributed by atoms with Crippen LogP contribution in [0.3, 0.4) is 0 Å². The van der Waals surface area contributed by atoms with E-state index in [9.17, 15) is 5.11 Å². The zero-order chi connectivity index (χ0) is 11.3. The van der Waals surface area contributed by atoms with Crippen LogP contribution in [0.15, 0.2) is 18.3 Å². The van der Waals surface area contributed by atoms with Crippen molar-refractivity contribution in [3.63, 3.8) is 0 Å². The first-order chi connectivity index (χ1) is 7.24. The summed E-state index contributed by atoms with van der Waals surface area (Å²) in [5, 5.41) is 10.2. The minimum absolute atomic E-state index is 0.324. The Morgan fingerprint density at radius 1 is 1.27 bits per heavy atom. The molecule has 2 heteroatoms. The van der Waals surface area contributed by atoms with Crippen molar-refractivity contribution in [3.05, 3.63) is 29.6 Å². The van der Waals surface area contributed by atoms with Gasteiger partial charge in [0.15, 0.2) is 0 Å². The predicted octanol–water partition coefficient (Wildman–Crippen LogP) is 3.11. The standard InChI is InChI=1S/C13H21NO/c1-4-10(5-2)13(15)12-11(6-3)8-7-9-14-12/h7-10,13,15H,4-6H2,1-3H3. The average Bonchev–Trinajstić information content (AvgIpc) is 2.30. The molecule has 1 heterocycles. The van der Waals surface area contributed by atoms with Crippen molar-refractivity contribution in [2.45, 2.75) is 46.1 Å². The first kappa shape index (κ1) is 12.2. The number of pyridine rings is 1. The number of aromatic nitrogens is 1. The van der Waals surface area contributed by atoms with E-state index in [4.69, 9.17) is 0 Å². The molecule has 2 nitrogen and oxygen atoms in total. The Balaban J connectivity index is 2.93. The maximum atomic E-state index is 10.2. The van der Waals surface area contributed by atoms with E-state index in [1.54, 1.807) is 6.20 Å². The van der Waals surface area contributed by atoms with Gasteiger partial charge in [0, 0.05) is 6.20 Å². The average molecular weight is 207 g/mol. The minimum atomic E-state index is -0.406. The van der Waals surface area contributed by atoms with Gasteiger partial charge < -0.3 is 5.11 Å². The van der Waals surface area contributed by atoms with Crippen molar-refractivity contribution in [3.8, 4) is 0 Å². The van der Waals surface area contributed by atoms with Gasteiger partial charge in [-0.05, 0) is 24.0 Å². The monoisotopic (exact) mass is 207 g/mol. The number of hydrogen-bond donors (Lipinski definition) is 1. The molecule has 1 aromatic heterocycles. The van der Waals surface area contributed by atoms with E-state index in [1.165, 1.54) is 0 Å². The van der Waals surface area contributed by atoms with Gasteiger partial charge in [-0.2, -0.15) is 0 Å². The molecular weight excluding hydrogens is 186 g/mol. The Hall–Kier alpha value is -0.890. The maximum Gasteiger partial charge on any atom is 0.0990 e. The summed E-state index contributed by atoms with van der Waals surface area (Å²) in [5.74, 6) is 0.324. The molecule has 1 unspecified atom stereocenters. The molecule has 1 aromatic rings. The lowest BCUT2D eigenvalue weighted by Crippen LogP contribution is -2.14. The number of nitrogens with zero attached hydrogens (tertiary/aromatic N) is 1. The van der Waals surface area contributed by atoms with E-state index in [1.807, 2.05) is 12.1 Å². The molecule has 1 N–H and O–H groups in total. The molecule has 0 aromatic carbocycles. The lowest BCUT2D eigenvalue weighted by atomic mass is 9.91. The summed E-state index contributed by atoms with van der Waals surface area (Å²) in [7, 11) is 0. The molecule has 0 aliphatic carbocycles. The van der Waals surface area contributed by atoms with Crippen LogP contribution in [0.25, 0.3) is 0 Å².